The van der Waals surface area contributed by atoms with E-state index >= 15 is 0 Å². The number of anilines is 2. The molecule has 0 amide bonds. The third kappa shape index (κ3) is 2.52. The van der Waals surface area contributed by atoms with Gasteiger partial charge >= 0.3 is 0 Å². The van der Waals surface area contributed by atoms with E-state index in [9.17, 15) is 12.8 Å². The topological polar surface area (TPSA) is 63.4 Å². The quantitative estimate of drug-likeness (QED) is 0.805. The average Bonchev–Trinajstić information content (AvgIpc) is 2.61. The number of rotatable bonds is 2. The molecule has 1 aliphatic heterocycles. The lowest BCUT2D eigenvalue weighted by atomic mass is 10.2. The van der Waals surface area contributed by atoms with Crippen LogP contribution in [0.4, 0.5) is 15.8 Å². The number of halogens is 1. The van der Waals surface area contributed by atoms with Crippen LogP contribution < -0.4 is 10.6 Å². The molecule has 1 saturated heterocycles. The summed E-state index contributed by atoms with van der Waals surface area (Å²) in [5.74, 6) is -0.0710. The monoisotopic (exact) mass is 258 g/mol. The summed E-state index contributed by atoms with van der Waals surface area (Å²) in [6.45, 7) is 0. The fourth-order valence-electron chi connectivity index (χ4n) is 2.10. The molecule has 1 aromatic rings. The number of hydrogen-bond acceptors (Lipinski definition) is 4. The molecule has 4 nitrogen and oxygen atoms in total. The fraction of sp³-hybridized carbons (Fsp3) is 0.455. The van der Waals surface area contributed by atoms with Crippen LogP contribution in [0.5, 0.6) is 0 Å². The molecule has 1 atom stereocenters. The predicted molar refractivity (Wildman–Crippen MR) is 66.3 cm³/mol. The zero-order valence-corrected chi connectivity index (χ0v) is 10.4. The summed E-state index contributed by atoms with van der Waals surface area (Å²) in [4.78, 5) is 1.75. The summed E-state index contributed by atoms with van der Waals surface area (Å²) < 4.78 is 35.9. The minimum Gasteiger partial charge on any atom is -0.397 e. The molecule has 0 saturated carbocycles. The predicted octanol–water partition coefficient (Wildman–Crippen LogP) is 1.03. The molecule has 1 aliphatic rings. The Morgan fingerprint density at radius 3 is 2.76 bits per heavy atom. The van der Waals surface area contributed by atoms with Gasteiger partial charge in [-0.2, -0.15) is 0 Å². The second-order valence-electron chi connectivity index (χ2n) is 4.37. The van der Waals surface area contributed by atoms with Crippen molar-refractivity contribution in [2.75, 3.05) is 29.2 Å². The lowest BCUT2D eigenvalue weighted by Gasteiger charge is -2.26. The van der Waals surface area contributed by atoms with Crippen LogP contribution in [-0.2, 0) is 9.84 Å². The third-order valence-electron chi connectivity index (χ3n) is 3.13. The van der Waals surface area contributed by atoms with Crippen LogP contribution in [0.1, 0.15) is 6.42 Å². The highest BCUT2D eigenvalue weighted by Gasteiger charge is 2.31. The van der Waals surface area contributed by atoms with Crippen molar-refractivity contribution in [3.8, 4) is 0 Å². The van der Waals surface area contributed by atoms with E-state index in [0.717, 1.165) is 0 Å². The van der Waals surface area contributed by atoms with Crippen LogP contribution in [-0.4, -0.2) is 33.0 Å². The third-order valence-corrected chi connectivity index (χ3v) is 4.88. The van der Waals surface area contributed by atoms with Gasteiger partial charge < -0.3 is 10.6 Å². The number of benzene rings is 1. The van der Waals surface area contributed by atoms with E-state index in [1.807, 2.05) is 0 Å². The summed E-state index contributed by atoms with van der Waals surface area (Å²) in [6, 6.07) is 3.99. The Morgan fingerprint density at radius 1 is 1.47 bits per heavy atom. The van der Waals surface area contributed by atoms with Crippen LogP contribution in [0.25, 0.3) is 0 Å². The van der Waals surface area contributed by atoms with Crippen LogP contribution in [0.3, 0.4) is 0 Å². The van der Waals surface area contributed by atoms with Gasteiger partial charge in [0.15, 0.2) is 9.84 Å². The van der Waals surface area contributed by atoms with Crippen LogP contribution >= 0.6 is 0 Å². The van der Waals surface area contributed by atoms with Gasteiger partial charge in [-0.15, -0.1) is 0 Å². The van der Waals surface area contributed by atoms with Gasteiger partial charge in [-0.25, -0.2) is 12.8 Å². The molecule has 2 N–H and O–H groups in total. The second-order valence-corrected chi connectivity index (χ2v) is 6.60. The van der Waals surface area contributed by atoms with Gasteiger partial charge in [0, 0.05) is 13.1 Å². The number of nitrogens with two attached hydrogens (primary N) is 1. The van der Waals surface area contributed by atoms with E-state index in [1.165, 1.54) is 18.2 Å². The van der Waals surface area contributed by atoms with E-state index in [4.69, 9.17) is 5.73 Å². The maximum absolute atomic E-state index is 13.1. The smallest absolute Gasteiger partial charge is 0.152 e. The van der Waals surface area contributed by atoms with Crippen LogP contribution in [0.15, 0.2) is 18.2 Å². The first-order chi connectivity index (χ1) is 7.89. The van der Waals surface area contributed by atoms with Crippen molar-refractivity contribution in [1.29, 1.82) is 0 Å². The Bertz CT molecular complexity index is 530. The van der Waals surface area contributed by atoms with Crippen molar-refractivity contribution in [1.82, 2.24) is 0 Å². The van der Waals surface area contributed by atoms with Crippen LogP contribution in [0, 0.1) is 5.82 Å². The molecule has 0 spiro atoms. The number of hydrogen-bond donors (Lipinski definition) is 1. The number of nitrogens with zero attached hydrogens (tertiary/aromatic N) is 1. The van der Waals surface area contributed by atoms with Gasteiger partial charge in [0.1, 0.15) is 5.82 Å². The zero-order chi connectivity index (χ0) is 12.6. The van der Waals surface area contributed by atoms with Gasteiger partial charge in [-0.3, -0.25) is 0 Å². The molecule has 2 rings (SSSR count). The Hall–Kier alpha value is -1.30. The highest BCUT2D eigenvalue weighted by molar-refractivity contribution is 7.91. The van der Waals surface area contributed by atoms with E-state index in [1.54, 1.807) is 11.9 Å². The largest absolute Gasteiger partial charge is 0.397 e. The van der Waals surface area contributed by atoms with Crippen molar-refractivity contribution in [3.63, 3.8) is 0 Å². The molecule has 1 unspecified atom stereocenters. The zero-order valence-electron chi connectivity index (χ0n) is 9.56. The first kappa shape index (κ1) is 12.2. The lowest BCUT2D eigenvalue weighted by Crippen LogP contribution is -2.33. The van der Waals surface area contributed by atoms with Gasteiger partial charge in [0.25, 0.3) is 0 Å². The molecular formula is C11H15FN2O2S. The molecule has 6 heteroatoms. The average molecular weight is 258 g/mol. The molecular weight excluding hydrogens is 243 g/mol. The van der Waals surface area contributed by atoms with Crippen molar-refractivity contribution >= 4 is 21.2 Å². The molecule has 1 heterocycles. The normalized spacial score (nSPS) is 22.6. The maximum Gasteiger partial charge on any atom is 0.152 e. The number of sulfone groups is 1. The summed E-state index contributed by atoms with van der Waals surface area (Å²) in [6.07, 6.45) is 0.564. The van der Waals surface area contributed by atoms with Crippen molar-refractivity contribution in [3.05, 3.63) is 24.0 Å². The van der Waals surface area contributed by atoms with Gasteiger partial charge in [0.05, 0.1) is 22.9 Å². The Morgan fingerprint density at radius 2 is 2.18 bits per heavy atom. The molecule has 94 valence electrons. The van der Waals surface area contributed by atoms with Crippen molar-refractivity contribution in [2.45, 2.75) is 12.5 Å². The first-order valence-corrected chi connectivity index (χ1v) is 7.19. The van der Waals surface area contributed by atoms with E-state index in [2.05, 4.69) is 0 Å². The molecule has 1 fully saturated rings. The summed E-state index contributed by atoms with van der Waals surface area (Å²) in [5, 5.41) is 0. The summed E-state index contributed by atoms with van der Waals surface area (Å²) in [7, 11) is -1.20. The molecule has 17 heavy (non-hydrogen) atoms. The maximum atomic E-state index is 13.1. The minimum absolute atomic E-state index is 0.111. The highest BCUT2D eigenvalue weighted by Crippen LogP contribution is 2.28. The Balaban J connectivity index is 2.26. The van der Waals surface area contributed by atoms with Gasteiger partial charge in [0.2, 0.25) is 0 Å². The Labute approximate surface area is 100 Å². The SMILES string of the molecule is CN(c1cc(F)ccc1N)C1CCS(=O)(=O)C1. The standard InChI is InChI=1S/C11H15FN2O2S/c1-14(9-4-5-17(15,16)7-9)11-6-8(12)2-3-10(11)13/h2-3,6,9H,4-5,7,13H2,1H3. The summed E-state index contributed by atoms with van der Waals surface area (Å²) in [5.41, 5.74) is 6.77. The van der Waals surface area contributed by atoms with E-state index < -0.39 is 9.84 Å². The fourth-order valence-corrected chi connectivity index (χ4v) is 3.87. The first-order valence-electron chi connectivity index (χ1n) is 5.37. The molecule has 0 aromatic heterocycles. The molecule has 0 radical (unpaired) electrons. The lowest BCUT2D eigenvalue weighted by molar-refractivity contribution is 0.600. The number of nitrogen functional groups attached to an aromatic ring is 1. The molecule has 0 aliphatic carbocycles. The summed E-state index contributed by atoms with van der Waals surface area (Å²) >= 11 is 0. The Kier molecular flexibility index (Phi) is 2.99. The van der Waals surface area contributed by atoms with E-state index in [0.29, 0.717) is 17.8 Å². The van der Waals surface area contributed by atoms with Gasteiger partial charge in [-0.05, 0) is 24.6 Å². The van der Waals surface area contributed by atoms with Gasteiger partial charge in [-0.1, -0.05) is 0 Å². The minimum atomic E-state index is -2.95. The van der Waals surface area contributed by atoms with Crippen molar-refractivity contribution in [2.24, 2.45) is 0 Å². The highest BCUT2D eigenvalue weighted by atomic mass is 32.2. The molecule has 1 aromatic carbocycles. The van der Waals surface area contributed by atoms with Crippen molar-refractivity contribution < 1.29 is 12.8 Å². The van der Waals surface area contributed by atoms with Crippen LogP contribution in [0.2, 0.25) is 0 Å². The molecule has 0 bridgehead atoms. The second kappa shape index (κ2) is 4.18. The van der Waals surface area contributed by atoms with E-state index in [-0.39, 0.29) is 23.4 Å².